The molecule has 0 aliphatic heterocycles. The van der Waals surface area contributed by atoms with Crippen molar-refractivity contribution in [2.45, 2.75) is 69.1 Å². The Balaban J connectivity index is 2.17. The number of nitrogens with one attached hydrogen (secondary N) is 7. The van der Waals surface area contributed by atoms with Crippen molar-refractivity contribution in [1.82, 2.24) is 31.2 Å². The van der Waals surface area contributed by atoms with E-state index in [9.17, 15) is 24.3 Å². The normalized spacial score (nSPS) is 13.6. The number of guanidine groups is 1. The van der Waals surface area contributed by atoms with Crippen LogP contribution in [0.15, 0.2) is 36.5 Å². The predicted octanol–water partition coefficient (Wildman–Crippen LogP) is -0.884. The summed E-state index contributed by atoms with van der Waals surface area (Å²) in [5.74, 6) is -3.34. The Morgan fingerprint density at radius 3 is 2.16 bits per heavy atom. The zero-order valence-corrected chi connectivity index (χ0v) is 24.7. The summed E-state index contributed by atoms with van der Waals surface area (Å²) in [6.45, 7) is 0.723. The van der Waals surface area contributed by atoms with Crippen LogP contribution in [0.1, 0.15) is 43.4 Å². The lowest BCUT2D eigenvalue weighted by Gasteiger charge is -2.25. The van der Waals surface area contributed by atoms with E-state index in [4.69, 9.17) is 34.8 Å². The van der Waals surface area contributed by atoms with Crippen molar-refractivity contribution in [2.75, 3.05) is 13.1 Å². The smallest absolute Gasteiger partial charge is 0.326 e. The van der Waals surface area contributed by atoms with E-state index in [1.165, 1.54) is 0 Å². The van der Waals surface area contributed by atoms with Gasteiger partial charge in [0.05, 0.1) is 6.04 Å². The first-order valence-corrected chi connectivity index (χ1v) is 14.4. The minimum atomic E-state index is -1.23. The molecule has 0 radical (unpaired) electrons. The summed E-state index contributed by atoms with van der Waals surface area (Å²) in [6.07, 6.45) is 3.61. The van der Waals surface area contributed by atoms with Gasteiger partial charge < -0.3 is 53.5 Å². The Morgan fingerprint density at radius 2 is 1.56 bits per heavy atom. The molecule has 1 aromatic heterocycles. The second-order valence-corrected chi connectivity index (χ2v) is 10.5. The molecule has 3 amide bonds. The molecular weight excluding hydrogens is 576 g/mol. The number of aliphatic carboxylic acids is 1. The van der Waals surface area contributed by atoms with Crippen LogP contribution in [0.25, 0.3) is 0 Å². The molecule has 0 aliphatic carbocycles. The summed E-state index contributed by atoms with van der Waals surface area (Å²) in [5, 5.41) is 27.5. The fraction of sp³-hybridized carbons (Fsp3) is 0.481. The van der Waals surface area contributed by atoms with Crippen molar-refractivity contribution >= 4 is 41.9 Å². The number of carbonyl (C=O) groups is 4. The largest absolute Gasteiger partial charge is 0.480 e. The first kappa shape index (κ1) is 34.9. The molecule has 14 N–H and O–H groups in total. The van der Waals surface area contributed by atoms with E-state index in [2.05, 4.69) is 31.2 Å². The summed E-state index contributed by atoms with van der Waals surface area (Å²) in [6, 6.07) is 4.45. The van der Waals surface area contributed by atoms with Crippen LogP contribution in [-0.2, 0) is 32.0 Å². The Labute approximate surface area is 254 Å². The maximum atomic E-state index is 13.5. The number of unbranched alkanes of at least 4 members (excludes halogenated alkanes) is 1. The van der Waals surface area contributed by atoms with Gasteiger partial charge in [-0.05, 0) is 56.4 Å². The van der Waals surface area contributed by atoms with E-state index >= 15 is 0 Å². The van der Waals surface area contributed by atoms with E-state index in [1.807, 2.05) is 0 Å². The van der Waals surface area contributed by atoms with Gasteiger partial charge in [-0.2, -0.15) is 0 Å². The average molecular weight is 619 g/mol. The summed E-state index contributed by atoms with van der Waals surface area (Å²) in [4.78, 5) is 57.4. The van der Waals surface area contributed by atoms with E-state index in [1.54, 1.807) is 36.5 Å². The van der Waals surface area contributed by atoms with E-state index in [0.29, 0.717) is 42.8 Å². The maximum Gasteiger partial charge on any atom is 0.326 e. The lowest BCUT2D eigenvalue weighted by molar-refractivity contribution is -0.142. The molecule has 0 bridgehead atoms. The summed E-state index contributed by atoms with van der Waals surface area (Å²) >= 11 is 5.07. The Bertz CT molecular complexity index is 1270. The Kier molecular flexibility index (Phi) is 14.9. The van der Waals surface area contributed by atoms with Crippen LogP contribution >= 0.6 is 12.2 Å². The lowest BCUT2D eigenvalue weighted by Crippen LogP contribution is -2.57. The van der Waals surface area contributed by atoms with Crippen LogP contribution in [0.5, 0.6) is 0 Å². The number of carbonyl (C=O) groups excluding carboxylic acids is 3. The van der Waals surface area contributed by atoms with Crippen molar-refractivity contribution in [1.29, 1.82) is 5.41 Å². The molecule has 236 valence electrons. The van der Waals surface area contributed by atoms with Crippen molar-refractivity contribution in [2.24, 2.45) is 17.2 Å². The van der Waals surface area contributed by atoms with Crippen LogP contribution in [0, 0.1) is 10.2 Å². The zero-order valence-electron chi connectivity index (χ0n) is 23.9. The van der Waals surface area contributed by atoms with Crippen molar-refractivity contribution < 1.29 is 24.3 Å². The number of amides is 3. The summed E-state index contributed by atoms with van der Waals surface area (Å²) < 4.78 is 0.326. The Morgan fingerprint density at radius 1 is 0.907 bits per heavy atom. The minimum Gasteiger partial charge on any atom is -0.480 e. The van der Waals surface area contributed by atoms with Gasteiger partial charge in [-0.25, -0.2) is 4.79 Å². The average Bonchev–Trinajstić information content (AvgIpc) is 3.38. The molecule has 0 aliphatic rings. The molecule has 2 aromatic rings. The van der Waals surface area contributed by atoms with Gasteiger partial charge in [-0.1, -0.05) is 30.3 Å². The Hall–Kier alpha value is -4.28. The fourth-order valence-corrected chi connectivity index (χ4v) is 4.41. The van der Waals surface area contributed by atoms with Gasteiger partial charge in [0, 0.05) is 31.3 Å². The molecule has 0 saturated carbocycles. The van der Waals surface area contributed by atoms with Gasteiger partial charge in [0.15, 0.2) is 10.7 Å². The molecule has 15 nitrogen and oxygen atoms in total. The second kappa shape index (κ2) is 18.3. The number of hydrogen-bond donors (Lipinski definition) is 11. The molecule has 1 aromatic carbocycles. The molecule has 2 rings (SSSR count). The number of H-pyrrole nitrogens is 2. The second-order valence-electron chi connectivity index (χ2n) is 10.1. The zero-order chi connectivity index (χ0) is 31.8. The van der Waals surface area contributed by atoms with Gasteiger partial charge >= 0.3 is 5.97 Å². The maximum absolute atomic E-state index is 13.5. The number of benzene rings is 1. The van der Waals surface area contributed by atoms with Crippen LogP contribution in [-0.4, -0.2) is 82.0 Å². The number of aromatic nitrogens is 2. The number of nitrogens with two attached hydrogens (primary N) is 3. The predicted molar refractivity (Wildman–Crippen MR) is 163 cm³/mol. The van der Waals surface area contributed by atoms with Crippen molar-refractivity contribution in [3.63, 3.8) is 0 Å². The molecule has 0 saturated heterocycles. The molecule has 1 unspecified atom stereocenters. The number of imidazole rings is 1. The first-order valence-electron chi connectivity index (χ1n) is 14.0. The van der Waals surface area contributed by atoms with Gasteiger partial charge in [0.2, 0.25) is 17.7 Å². The molecule has 0 spiro atoms. The van der Waals surface area contributed by atoms with Crippen LogP contribution in [0.3, 0.4) is 0 Å². The number of carboxylic acids is 1. The topological polar surface area (TPSA) is 270 Å². The molecule has 16 heteroatoms. The van der Waals surface area contributed by atoms with E-state index in [-0.39, 0.29) is 31.6 Å². The van der Waals surface area contributed by atoms with Crippen LogP contribution in [0.4, 0.5) is 0 Å². The first-order chi connectivity index (χ1) is 20.5. The van der Waals surface area contributed by atoms with Gasteiger partial charge in [0.1, 0.15) is 18.1 Å². The number of carboxylic acid groups (broad SMARTS) is 1. The van der Waals surface area contributed by atoms with Crippen molar-refractivity contribution in [3.05, 3.63) is 52.6 Å². The highest BCUT2D eigenvalue weighted by atomic mass is 32.1. The van der Waals surface area contributed by atoms with Crippen molar-refractivity contribution in [3.8, 4) is 0 Å². The van der Waals surface area contributed by atoms with E-state index < -0.39 is 47.9 Å². The monoisotopic (exact) mass is 618 g/mol. The van der Waals surface area contributed by atoms with E-state index in [0.717, 1.165) is 5.56 Å². The van der Waals surface area contributed by atoms with Gasteiger partial charge in [0.25, 0.3) is 0 Å². The highest BCUT2D eigenvalue weighted by Crippen LogP contribution is 2.08. The summed E-state index contributed by atoms with van der Waals surface area (Å²) in [5.41, 5.74) is 18.2. The molecule has 4 atom stereocenters. The lowest BCUT2D eigenvalue weighted by atomic mass is 10.0. The summed E-state index contributed by atoms with van der Waals surface area (Å²) in [7, 11) is 0. The molecule has 1 heterocycles. The third kappa shape index (κ3) is 13.1. The minimum absolute atomic E-state index is 0.00617. The quantitative estimate of drug-likeness (QED) is 0.0400. The fourth-order valence-electron chi connectivity index (χ4n) is 4.22. The molecular formula is C27H42N10O5S. The SMILES string of the molecule is N=C(N)NCCCC(N)C(=O)N[C@@H](Cc1c[nH]c(=S)[nH]1)C(=O)N[C@@H](CCCCN)C(=O)N[C@@H](Cc1ccccc1)C(=O)O. The van der Waals surface area contributed by atoms with Crippen LogP contribution in [0.2, 0.25) is 0 Å². The standard InChI is InChI=1S/C27H42N10O5S/c28-11-5-4-10-19(23(39)37-21(25(41)42)13-16-7-2-1-3-8-16)35-24(40)20(14-17-15-33-27(43)34-17)36-22(38)18(29)9-6-12-32-26(30)31/h1-3,7-8,15,18-21H,4-6,9-14,28-29H2,(H,35,40)(H,36,38)(H,37,39)(H,41,42)(H4,30,31,32)(H2,33,34,43)/t18?,19-,20-,21-/m0/s1. The van der Waals surface area contributed by atoms with Gasteiger partial charge in [-0.15, -0.1) is 0 Å². The van der Waals surface area contributed by atoms with Gasteiger partial charge in [-0.3, -0.25) is 19.8 Å². The highest BCUT2D eigenvalue weighted by Gasteiger charge is 2.30. The third-order valence-electron chi connectivity index (χ3n) is 6.53. The molecule has 0 fully saturated rings. The third-order valence-corrected chi connectivity index (χ3v) is 6.75. The molecule has 43 heavy (non-hydrogen) atoms. The number of rotatable bonds is 19. The number of hydrogen-bond acceptors (Lipinski definition) is 8. The van der Waals surface area contributed by atoms with Crippen LogP contribution < -0.4 is 38.5 Å². The highest BCUT2D eigenvalue weighted by molar-refractivity contribution is 7.71. The number of aromatic amines is 2.